The molecule has 0 saturated carbocycles. The standard InChI is InChI=1S/C7H3F4IN2O3/c8-1-3-5(17-7(9,10)11)4(12)2-13-6(3)14(15)16/h2H,1H2. The van der Waals surface area contributed by atoms with Gasteiger partial charge in [-0.05, 0) is 32.5 Å². The van der Waals surface area contributed by atoms with Crippen LogP contribution in [0.3, 0.4) is 0 Å². The quantitative estimate of drug-likeness (QED) is 0.357. The number of ether oxygens (including phenoxy) is 1. The van der Waals surface area contributed by atoms with Gasteiger partial charge in [0.2, 0.25) is 0 Å². The summed E-state index contributed by atoms with van der Waals surface area (Å²) >= 11 is 1.41. The zero-order valence-corrected chi connectivity index (χ0v) is 9.95. The number of hydrogen-bond donors (Lipinski definition) is 0. The fourth-order valence-electron chi connectivity index (χ4n) is 1.00. The third-order valence-corrected chi connectivity index (χ3v) is 2.35. The number of rotatable bonds is 3. The van der Waals surface area contributed by atoms with Crippen LogP contribution in [0, 0.1) is 13.7 Å². The molecule has 1 rings (SSSR count). The second kappa shape index (κ2) is 4.98. The second-order valence-corrected chi connectivity index (χ2v) is 3.84. The van der Waals surface area contributed by atoms with Gasteiger partial charge in [0.05, 0.1) is 3.57 Å². The Morgan fingerprint density at radius 2 is 2.12 bits per heavy atom. The van der Waals surface area contributed by atoms with Crippen LogP contribution >= 0.6 is 22.6 Å². The molecule has 1 heterocycles. The molecule has 0 bridgehead atoms. The number of alkyl halides is 4. The summed E-state index contributed by atoms with van der Waals surface area (Å²) in [5, 5.41) is 10.4. The Hall–Kier alpha value is -1.20. The van der Waals surface area contributed by atoms with E-state index in [4.69, 9.17) is 0 Å². The maximum Gasteiger partial charge on any atom is 0.573 e. The van der Waals surface area contributed by atoms with E-state index in [0.29, 0.717) is 0 Å². The molecular weight excluding hydrogens is 363 g/mol. The molecule has 17 heavy (non-hydrogen) atoms. The average molecular weight is 366 g/mol. The van der Waals surface area contributed by atoms with Gasteiger partial charge in [-0.1, -0.05) is 0 Å². The van der Waals surface area contributed by atoms with Crippen LogP contribution in [0.1, 0.15) is 5.56 Å². The van der Waals surface area contributed by atoms with E-state index < -0.39 is 35.1 Å². The number of nitrogens with zero attached hydrogens (tertiary/aromatic N) is 2. The molecule has 0 amide bonds. The molecule has 0 unspecified atom stereocenters. The van der Waals surface area contributed by atoms with Crippen molar-refractivity contribution in [3.8, 4) is 5.75 Å². The summed E-state index contributed by atoms with van der Waals surface area (Å²) in [5.41, 5.74) is -0.834. The maximum atomic E-state index is 12.6. The van der Waals surface area contributed by atoms with Gasteiger partial charge >= 0.3 is 12.2 Å². The van der Waals surface area contributed by atoms with Crippen LogP contribution in [-0.2, 0) is 6.67 Å². The van der Waals surface area contributed by atoms with Gasteiger partial charge in [0.25, 0.3) is 0 Å². The summed E-state index contributed by atoms with van der Waals surface area (Å²) in [4.78, 5) is 12.6. The van der Waals surface area contributed by atoms with Crippen LogP contribution < -0.4 is 4.74 Å². The van der Waals surface area contributed by atoms with Crippen molar-refractivity contribution in [1.82, 2.24) is 4.98 Å². The van der Waals surface area contributed by atoms with E-state index >= 15 is 0 Å². The summed E-state index contributed by atoms with van der Waals surface area (Å²) in [6.45, 7) is -1.48. The zero-order valence-electron chi connectivity index (χ0n) is 7.79. The van der Waals surface area contributed by atoms with Crippen molar-refractivity contribution in [2.24, 2.45) is 0 Å². The van der Waals surface area contributed by atoms with Gasteiger partial charge in [0.1, 0.15) is 12.2 Å². The molecule has 0 aliphatic heterocycles. The molecule has 0 atom stereocenters. The van der Waals surface area contributed by atoms with Crippen molar-refractivity contribution in [1.29, 1.82) is 0 Å². The Morgan fingerprint density at radius 3 is 2.53 bits per heavy atom. The first-order valence-corrected chi connectivity index (χ1v) is 4.97. The highest BCUT2D eigenvalue weighted by Gasteiger charge is 2.35. The fraction of sp³-hybridized carbons (Fsp3) is 0.286. The third kappa shape index (κ3) is 3.38. The number of pyridine rings is 1. The molecule has 0 radical (unpaired) electrons. The monoisotopic (exact) mass is 366 g/mol. The lowest BCUT2D eigenvalue weighted by Gasteiger charge is -2.12. The van der Waals surface area contributed by atoms with Crippen LogP contribution in [0.25, 0.3) is 0 Å². The molecule has 0 aliphatic rings. The van der Waals surface area contributed by atoms with Crippen molar-refractivity contribution < 1.29 is 27.2 Å². The molecule has 0 N–H and O–H groups in total. The predicted octanol–water partition coefficient (Wildman–Crippen LogP) is 2.96. The number of aromatic nitrogens is 1. The first-order chi connectivity index (χ1) is 7.76. The van der Waals surface area contributed by atoms with Crippen molar-refractivity contribution in [2.45, 2.75) is 13.0 Å². The third-order valence-electron chi connectivity index (χ3n) is 1.59. The highest BCUT2D eigenvalue weighted by molar-refractivity contribution is 14.1. The van der Waals surface area contributed by atoms with Gasteiger partial charge < -0.3 is 14.9 Å². The Kier molecular flexibility index (Phi) is 4.06. The minimum Gasteiger partial charge on any atom is -0.404 e. The van der Waals surface area contributed by atoms with E-state index in [1.807, 2.05) is 0 Å². The molecule has 10 heteroatoms. The van der Waals surface area contributed by atoms with Crippen LogP contribution in [-0.4, -0.2) is 16.3 Å². The topological polar surface area (TPSA) is 65.3 Å². The summed E-state index contributed by atoms with van der Waals surface area (Å²) in [7, 11) is 0. The predicted molar refractivity (Wildman–Crippen MR) is 55.1 cm³/mol. The van der Waals surface area contributed by atoms with Crippen LogP contribution in [0.15, 0.2) is 6.20 Å². The van der Waals surface area contributed by atoms with Gasteiger partial charge in [-0.3, -0.25) is 0 Å². The molecule has 0 fully saturated rings. The highest BCUT2D eigenvalue weighted by Crippen LogP contribution is 2.35. The van der Waals surface area contributed by atoms with Crippen molar-refractivity contribution in [2.75, 3.05) is 0 Å². The Labute approximate surface area is 105 Å². The lowest BCUT2D eigenvalue weighted by molar-refractivity contribution is -0.390. The fourth-order valence-corrected chi connectivity index (χ4v) is 1.58. The van der Waals surface area contributed by atoms with E-state index in [-0.39, 0.29) is 3.57 Å². The van der Waals surface area contributed by atoms with Crippen molar-refractivity contribution >= 4 is 28.4 Å². The summed E-state index contributed by atoms with van der Waals surface area (Å²) in [6, 6.07) is 0. The largest absolute Gasteiger partial charge is 0.573 e. The maximum absolute atomic E-state index is 12.6. The molecule has 5 nitrogen and oxygen atoms in total. The molecule has 0 aromatic carbocycles. The lowest BCUT2D eigenvalue weighted by atomic mass is 10.2. The number of hydrogen-bond acceptors (Lipinski definition) is 4. The molecule has 94 valence electrons. The van der Waals surface area contributed by atoms with E-state index in [9.17, 15) is 27.7 Å². The molecular formula is C7H3F4IN2O3. The summed E-state index contributed by atoms with van der Waals surface area (Å²) in [5.74, 6) is -1.92. The van der Waals surface area contributed by atoms with E-state index in [2.05, 4.69) is 9.72 Å². The molecule has 1 aromatic rings. The Morgan fingerprint density at radius 1 is 1.53 bits per heavy atom. The second-order valence-electron chi connectivity index (χ2n) is 2.68. The molecule has 0 spiro atoms. The zero-order chi connectivity index (χ0) is 13.2. The smallest absolute Gasteiger partial charge is 0.404 e. The van der Waals surface area contributed by atoms with Crippen LogP contribution in [0.4, 0.5) is 23.4 Å². The minimum atomic E-state index is -5.06. The van der Waals surface area contributed by atoms with Gasteiger partial charge in [-0.15, -0.1) is 13.2 Å². The van der Waals surface area contributed by atoms with Crippen molar-refractivity contribution in [3.05, 3.63) is 25.4 Å². The first kappa shape index (κ1) is 13.9. The molecule has 0 saturated heterocycles. The van der Waals surface area contributed by atoms with Gasteiger partial charge in [0.15, 0.2) is 11.9 Å². The van der Waals surface area contributed by atoms with Crippen LogP contribution in [0.2, 0.25) is 0 Å². The lowest BCUT2D eigenvalue weighted by Crippen LogP contribution is -2.19. The van der Waals surface area contributed by atoms with E-state index in [1.54, 1.807) is 0 Å². The summed E-state index contributed by atoms with van der Waals surface area (Å²) in [6.07, 6.45) is -4.25. The summed E-state index contributed by atoms with van der Waals surface area (Å²) < 4.78 is 52.0. The Bertz CT molecular complexity index is 451. The highest BCUT2D eigenvalue weighted by atomic mass is 127. The van der Waals surface area contributed by atoms with Crippen LogP contribution in [0.5, 0.6) is 5.75 Å². The molecule has 1 aromatic heterocycles. The normalized spacial score (nSPS) is 11.4. The number of halogens is 5. The minimum absolute atomic E-state index is 0.168. The van der Waals surface area contributed by atoms with Gasteiger partial charge in [0, 0.05) is 0 Å². The van der Waals surface area contributed by atoms with Crippen molar-refractivity contribution in [3.63, 3.8) is 0 Å². The Balaban J connectivity index is 3.35. The SMILES string of the molecule is O=[N+]([O-])c1ncc(I)c(OC(F)(F)F)c1CF. The number of nitro groups is 1. The molecule has 0 aliphatic carbocycles. The van der Waals surface area contributed by atoms with Gasteiger partial charge in [-0.25, -0.2) is 4.39 Å². The first-order valence-electron chi connectivity index (χ1n) is 3.89. The average Bonchev–Trinajstić information content (AvgIpc) is 2.18. The van der Waals surface area contributed by atoms with E-state index in [1.165, 1.54) is 22.6 Å². The van der Waals surface area contributed by atoms with Gasteiger partial charge in [-0.2, -0.15) is 0 Å². The van der Waals surface area contributed by atoms with E-state index in [0.717, 1.165) is 6.20 Å².